The van der Waals surface area contributed by atoms with Crippen molar-refractivity contribution in [1.82, 2.24) is 9.80 Å². The summed E-state index contributed by atoms with van der Waals surface area (Å²) in [5.74, 6) is 0.600. The van der Waals surface area contributed by atoms with Gasteiger partial charge in [0.1, 0.15) is 5.75 Å². The van der Waals surface area contributed by atoms with E-state index in [0.29, 0.717) is 22.2 Å². The molecule has 1 fully saturated rings. The highest BCUT2D eigenvalue weighted by molar-refractivity contribution is 7.16. The van der Waals surface area contributed by atoms with Crippen molar-refractivity contribution in [2.24, 2.45) is 0 Å². The smallest absolute Gasteiger partial charge is 0.229 e. The third kappa shape index (κ3) is 5.20. The maximum absolute atomic E-state index is 12.4. The van der Waals surface area contributed by atoms with Crippen molar-refractivity contribution in [2.75, 3.05) is 45.7 Å². The second kappa shape index (κ2) is 8.86. The fourth-order valence-corrected chi connectivity index (χ4v) is 4.10. The first-order valence-corrected chi connectivity index (χ1v) is 9.85. The predicted octanol–water partition coefficient (Wildman–Crippen LogP) is 3.34. The molecule has 3 rings (SSSR count). The maximum Gasteiger partial charge on any atom is 0.229 e. The van der Waals surface area contributed by atoms with Crippen molar-refractivity contribution in [3.8, 4) is 5.75 Å². The lowest BCUT2D eigenvalue weighted by Crippen LogP contribution is -2.43. The molecule has 0 bridgehead atoms. The summed E-state index contributed by atoms with van der Waals surface area (Å²) in [6.07, 6.45) is 0.309. The predicted molar refractivity (Wildman–Crippen MR) is 107 cm³/mol. The molecule has 0 radical (unpaired) electrons. The van der Waals surface area contributed by atoms with Gasteiger partial charge in [-0.15, -0.1) is 11.3 Å². The number of likely N-dealkylation sites (N-methyl/N-ethyl adjacent to an activating group) is 1. The number of hydrogen-bond donors (Lipinski definition) is 1. The van der Waals surface area contributed by atoms with E-state index in [1.807, 2.05) is 24.3 Å². The number of carbonyl (C=O) groups excluding carboxylic acids is 1. The van der Waals surface area contributed by atoms with Crippen molar-refractivity contribution < 1.29 is 9.53 Å². The Labute approximate surface area is 163 Å². The molecule has 1 aliphatic heterocycles. The van der Waals surface area contributed by atoms with E-state index in [-0.39, 0.29) is 5.91 Å². The summed E-state index contributed by atoms with van der Waals surface area (Å²) < 4.78 is 6.10. The Bertz CT molecular complexity index is 757. The molecule has 1 aromatic carbocycles. The second-order valence-electron chi connectivity index (χ2n) is 6.54. The van der Waals surface area contributed by atoms with Crippen molar-refractivity contribution in [3.05, 3.63) is 45.1 Å². The van der Waals surface area contributed by atoms with E-state index in [1.54, 1.807) is 7.11 Å². The van der Waals surface area contributed by atoms with Crippen LogP contribution in [0.15, 0.2) is 30.3 Å². The molecule has 26 heavy (non-hydrogen) atoms. The zero-order chi connectivity index (χ0) is 18.5. The third-order valence-corrected chi connectivity index (χ3v) is 5.73. The number of ether oxygens (including phenoxy) is 1. The zero-order valence-corrected chi connectivity index (χ0v) is 16.7. The molecule has 0 unspecified atom stereocenters. The Balaban J connectivity index is 1.65. The summed E-state index contributed by atoms with van der Waals surface area (Å²) in [5, 5.41) is 2.98. The molecule has 1 saturated heterocycles. The SMILES string of the molecule is COc1ccc(CN2CCN(C)CC2)cc1NC(=O)Cc1ccc(Cl)s1. The molecule has 0 spiro atoms. The summed E-state index contributed by atoms with van der Waals surface area (Å²) in [4.78, 5) is 18.1. The summed E-state index contributed by atoms with van der Waals surface area (Å²) in [6.45, 7) is 5.17. The molecule has 5 nitrogen and oxygen atoms in total. The van der Waals surface area contributed by atoms with Crippen LogP contribution in [-0.4, -0.2) is 56.0 Å². The number of anilines is 1. The number of carbonyl (C=O) groups is 1. The van der Waals surface area contributed by atoms with Crippen LogP contribution in [0.1, 0.15) is 10.4 Å². The largest absolute Gasteiger partial charge is 0.495 e. The molecule has 2 aromatic rings. The summed E-state index contributed by atoms with van der Waals surface area (Å²) >= 11 is 7.36. The lowest BCUT2D eigenvalue weighted by Gasteiger charge is -2.32. The van der Waals surface area contributed by atoms with Crippen LogP contribution in [0.4, 0.5) is 5.69 Å². The Hall–Kier alpha value is -1.60. The van der Waals surface area contributed by atoms with E-state index in [1.165, 1.54) is 16.9 Å². The van der Waals surface area contributed by atoms with Gasteiger partial charge in [-0.1, -0.05) is 17.7 Å². The molecular weight excluding hydrogens is 370 g/mol. The van der Waals surface area contributed by atoms with Gasteiger partial charge in [0.05, 0.1) is 23.6 Å². The van der Waals surface area contributed by atoms with Crippen LogP contribution in [-0.2, 0) is 17.8 Å². The molecule has 0 aliphatic carbocycles. The first-order chi connectivity index (χ1) is 12.5. The third-order valence-electron chi connectivity index (χ3n) is 4.50. The summed E-state index contributed by atoms with van der Waals surface area (Å²) in [5.41, 5.74) is 1.89. The number of nitrogens with zero attached hydrogens (tertiary/aromatic N) is 2. The van der Waals surface area contributed by atoms with E-state index in [0.717, 1.165) is 37.6 Å². The molecule has 1 aromatic heterocycles. The Morgan fingerprint density at radius 1 is 1.23 bits per heavy atom. The summed E-state index contributed by atoms with van der Waals surface area (Å²) in [7, 11) is 3.77. The molecule has 0 atom stereocenters. The highest BCUT2D eigenvalue weighted by Crippen LogP contribution is 2.27. The molecule has 1 N–H and O–H groups in total. The number of hydrogen-bond acceptors (Lipinski definition) is 5. The van der Waals surface area contributed by atoms with Crippen molar-refractivity contribution >= 4 is 34.5 Å². The second-order valence-corrected chi connectivity index (χ2v) is 8.34. The van der Waals surface area contributed by atoms with Gasteiger partial charge in [0, 0.05) is 37.6 Å². The molecule has 2 heterocycles. The van der Waals surface area contributed by atoms with Gasteiger partial charge in [0.15, 0.2) is 0 Å². The van der Waals surface area contributed by atoms with Crippen LogP contribution in [0.25, 0.3) is 0 Å². The fraction of sp³-hybridized carbons (Fsp3) is 0.421. The Morgan fingerprint density at radius 3 is 2.65 bits per heavy atom. The minimum absolute atomic E-state index is 0.0708. The average Bonchev–Trinajstić information content (AvgIpc) is 3.02. The van der Waals surface area contributed by atoms with Gasteiger partial charge in [0.2, 0.25) is 5.91 Å². The molecule has 7 heteroatoms. The van der Waals surface area contributed by atoms with Crippen molar-refractivity contribution in [3.63, 3.8) is 0 Å². The monoisotopic (exact) mass is 393 g/mol. The van der Waals surface area contributed by atoms with Gasteiger partial charge in [-0.25, -0.2) is 0 Å². The molecule has 140 valence electrons. The average molecular weight is 394 g/mol. The van der Waals surface area contributed by atoms with Crippen molar-refractivity contribution in [2.45, 2.75) is 13.0 Å². The van der Waals surface area contributed by atoms with E-state index in [2.05, 4.69) is 28.2 Å². The first-order valence-electron chi connectivity index (χ1n) is 8.65. The fourth-order valence-electron chi connectivity index (χ4n) is 3.01. The minimum atomic E-state index is -0.0708. The quantitative estimate of drug-likeness (QED) is 0.817. The number of halogens is 1. The molecule has 1 amide bonds. The topological polar surface area (TPSA) is 44.8 Å². The van der Waals surface area contributed by atoms with E-state index < -0.39 is 0 Å². The molecule has 0 saturated carbocycles. The summed E-state index contributed by atoms with van der Waals surface area (Å²) in [6, 6.07) is 9.69. The molecular formula is C19H24ClN3O2S. The number of rotatable bonds is 6. The Kier molecular flexibility index (Phi) is 6.53. The van der Waals surface area contributed by atoms with E-state index in [4.69, 9.17) is 16.3 Å². The van der Waals surface area contributed by atoms with Crippen LogP contribution in [0.2, 0.25) is 4.34 Å². The van der Waals surface area contributed by atoms with Crippen LogP contribution in [0.3, 0.4) is 0 Å². The van der Waals surface area contributed by atoms with E-state index >= 15 is 0 Å². The van der Waals surface area contributed by atoms with Gasteiger partial charge in [-0.2, -0.15) is 0 Å². The molecule has 1 aliphatic rings. The highest BCUT2D eigenvalue weighted by atomic mass is 35.5. The highest BCUT2D eigenvalue weighted by Gasteiger charge is 2.15. The van der Waals surface area contributed by atoms with Crippen LogP contribution >= 0.6 is 22.9 Å². The van der Waals surface area contributed by atoms with Crippen LogP contribution in [0, 0.1) is 0 Å². The first kappa shape index (κ1) is 19.2. The normalized spacial score (nSPS) is 15.8. The van der Waals surface area contributed by atoms with Crippen LogP contribution in [0.5, 0.6) is 5.75 Å². The lowest BCUT2D eigenvalue weighted by atomic mass is 10.1. The van der Waals surface area contributed by atoms with Gasteiger partial charge in [0.25, 0.3) is 0 Å². The number of methoxy groups -OCH3 is 1. The minimum Gasteiger partial charge on any atom is -0.495 e. The number of piperazine rings is 1. The number of amides is 1. The number of benzene rings is 1. The van der Waals surface area contributed by atoms with Crippen LogP contribution < -0.4 is 10.1 Å². The standard InChI is InChI=1S/C19H24ClN3O2S/c1-22-7-9-23(10-8-22)13-14-3-5-17(25-2)16(11-14)21-19(24)12-15-4-6-18(20)26-15/h3-6,11H,7-10,12-13H2,1-2H3,(H,21,24). The van der Waals surface area contributed by atoms with E-state index in [9.17, 15) is 4.79 Å². The van der Waals surface area contributed by atoms with Gasteiger partial charge < -0.3 is 15.0 Å². The van der Waals surface area contributed by atoms with Crippen molar-refractivity contribution in [1.29, 1.82) is 0 Å². The number of thiophene rings is 1. The zero-order valence-electron chi connectivity index (χ0n) is 15.1. The van der Waals surface area contributed by atoms with Gasteiger partial charge in [-0.05, 0) is 36.9 Å². The Morgan fingerprint density at radius 2 is 2.00 bits per heavy atom. The van der Waals surface area contributed by atoms with Gasteiger partial charge in [-0.3, -0.25) is 9.69 Å². The maximum atomic E-state index is 12.4. The van der Waals surface area contributed by atoms with Gasteiger partial charge >= 0.3 is 0 Å². The number of nitrogens with one attached hydrogen (secondary N) is 1. The lowest BCUT2D eigenvalue weighted by molar-refractivity contribution is -0.115.